The molecule has 2 N–H and O–H groups in total. The van der Waals surface area contributed by atoms with E-state index in [2.05, 4.69) is 31.7 Å². The predicted octanol–water partition coefficient (Wildman–Crippen LogP) is 3.02. The van der Waals surface area contributed by atoms with Crippen LogP contribution in [0.2, 0.25) is 0 Å². The predicted molar refractivity (Wildman–Crippen MR) is 60.3 cm³/mol. The summed E-state index contributed by atoms with van der Waals surface area (Å²) in [7, 11) is 0. The first kappa shape index (κ1) is 8.45. The van der Waals surface area contributed by atoms with E-state index in [9.17, 15) is 0 Å². The molecule has 0 radical (unpaired) electrons. The second-order valence-electron chi connectivity index (χ2n) is 3.22. The van der Waals surface area contributed by atoms with E-state index in [1.165, 1.54) is 10.9 Å². The molecule has 0 amide bonds. The minimum Gasteiger partial charge on any atom is -0.397 e. The Balaban J connectivity index is 2.87. The number of nitrogens with two attached hydrogens (primary N) is 1. The molecular weight excluding hydrogens is 178 g/mol. The van der Waals surface area contributed by atoms with Crippen molar-refractivity contribution in [3.05, 3.63) is 35.9 Å². The first-order valence-corrected chi connectivity index (χ1v) is 4.61. The van der Waals surface area contributed by atoms with Crippen molar-refractivity contribution in [1.82, 2.24) is 0 Å². The number of rotatable bonds is 0. The van der Waals surface area contributed by atoms with Gasteiger partial charge in [-0.3, -0.25) is 0 Å². The minimum atomic E-state index is 0.765. The fourth-order valence-corrected chi connectivity index (χ4v) is 1.66. The van der Waals surface area contributed by atoms with Crippen LogP contribution in [0.15, 0.2) is 35.2 Å². The van der Waals surface area contributed by atoms with Crippen LogP contribution in [0.25, 0.3) is 10.8 Å². The minimum absolute atomic E-state index is 0.765. The maximum Gasteiger partial charge on any atom is 0.0529 e. The second kappa shape index (κ2) is 2.96. The molecule has 2 rings (SSSR count). The summed E-state index contributed by atoms with van der Waals surface area (Å²) < 4.78 is 0. The number of fused-ring (bicyclic) bond motifs is 1. The van der Waals surface area contributed by atoms with Crippen LogP contribution in [0, 0.1) is 6.92 Å². The lowest BCUT2D eigenvalue weighted by molar-refractivity contribution is 1.47. The van der Waals surface area contributed by atoms with Crippen molar-refractivity contribution >= 4 is 29.1 Å². The second-order valence-corrected chi connectivity index (χ2v) is 3.70. The highest BCUT2D eigenvalue weighted by Gasteiger charge is 2.00. The molecule has 0 atom stereocenters. The van der Waals surface area contributed by atoms with E-state index in [1.54, 1.807) is 0 Å². The lowest BCUT2D eigenvalue weighted by Gasteiger charge is -2.05. The zero-order valence-electron chi connectivity index (χ0n) is 7.41. The molecule has 0 aliphatic rings. The van der Waals surface area contributed by atoms with Gasteiger partial charge in [-0.15, -0.1) is 12.6 Å². The van der Waals surface area contributed by atoms with Crippen molar-refractivity contribution in [3.63, 3.8) is 0 Å². The Morgan fingerprint density at radius 1 is 1.15 bits per heavy atom. The fourth-order valence-electron chi connectivity index (χ4n) is 1.46. The van der Waals surface area contributed by atoms with Gasteiger partial charge in [-0.05, 0) is 18.4 Å². The Morgan fingerprint density at radius 2 is 1.92 bits per heavy atom. The van der Waals surface area contributed by atoms with Crippen molar-refractivity contribution in [2.75, 3.05) is 5.73 Å². The standard InChI is InChI=1S/C11H11NS/c1-7-2-4-9-8(6-7)3-5-10(13)11(9)12/h2-6,13H,12H2,1H3. The molecule has 0 bridgehead atoms. The first-order chi connectivity index (χ1) is 6.18. The lowest BCUT2D eigenvalue weighted by atomic mass is 10.1. The number of anilines is 1. The molecule has 13 heavy (non-hydrogen) atoms. The molecule has 0 aliphatic heterocycles. The van der Waals surface area contributed by atoms with Crippen molar-refractivity contribution in [2.45, 2.75) is 11.8 Å². The van der Waals surface area contributed by atoms with Crippen LogP contribution < -0.4 is 5.73 Å². The van der Waals surface area contributed by atoms with Gasteiger partial charge in [0, 0.05) is 10.3 Å². The molecule has 0 aromatic heterocycles. The summed E-state index contributed by atoms with van der Waals surface area (Å²) in [6.45, 7) is 2.07. The van der Waals surface area contributed by atoms with Crippen LogP contribution in [-0.4, -0.2) is 0 Å². The highest BCUT2D eigenvalue weighted by Crippen LogP contribution is 2.27. The summed E-state index contributed by atoms with van der Waals surface area (Å²) in [5.41, 5.74) is 7.91. The average molecular weight is 189 g/mol. The van der Waals surface area contributed by atoms with E-state index >= 15 is 0 Å². The summed E-state index contributed by atoms with van der Waals surface area (Å²) in [5.74, 6) is 0. The lowest BCUT2D eigenvalue weighted by Crippen LogP contribution is -1.89. The van der Waals surface area contributed by atoms with Crippen LogP contribution in [0.4, 0.5) is 5.69 Å². The summed E-state index contributed by atoms with van der Waals surface area (Å²) in [4.78, 5) is 0.844. The molecule has 2 aromatic carbocycles. The molecular formula is C11H11NS. The molecule has 0 saturated heterocycles. The average Bonchev–Trinajstić information content (AvgIpc) is 2.12. The topological polar surface area (TPSA) is 26.0 Å². The number of hydrogen-bond donors (Lipinski definition) is 2. The van der Waals surface area contributed by atoms with E-state index in [1.807, 2.05) is 18.2 Å². The van der Waals surface area contributed by atoms with Gasteiger partial charge in [0.25, 0.3) is 0 Å². The molecule has 0 aliphatic carbocycles. The van der Waals surface area contributed by atoms with Gasteiger partial charge in [0.15, 0.2) is 0 Å². The molecule has 0 fully saturated rings. The van der Waals surface area contributed by atoms with Crippen LogP contribution in [0.3, 0.4) is 0 Å². The summed E-state index contributed by atoms with van der Waals surface area (Å²) in [6.07, 6.45) is 0. The Morgan fingerprint density at radius 3 is 2.69 bits per heavy atom. The van der Waals surface area contributed by atoms with E-state index in [0.29, 0.717) is 0 Å². The Hall–Kier alpha value is -1.15. The monoisotopic (exact) mass is 189 g/mol. The van der Waals surface area contributed by atoms with Gasteiger partial charge >= 0.3 is 0 Å². The zero-order valence-corrected chi connectivity index (χ0v) is 8.31. The summed E-state index contributed by atoms with van der Waals surface area (Å²) in [5, 5.41) is 2.26. The number of thiol groups is 1. The summed E-state index contributed by atoms with van der Waals surface area (Å²) >= 11 is 4.27. The van der Waals surface area contributed by atoms with E-state index < -0.39 is 0 Å². The Kier molecular flexibility index (Phi) is 1.93. The van der Waals surface area contributed by atoms with Crippen LogP contribution in [0.1, 0.15) is 5.56 Å². The Labute approximate surface area is 83.0 Å². The molecule has 2 aromatic rings. The highest BCUT2D eigenvalue weighted by molar-refractivity contribution is 7.80. The van der Waals surface area contributed by atoms with Gasteiger partial charge < -0.3 is 5.73 Å². The summed E-state index contributed by atoms with van der Waals surface area (Å²) in [6, 6.07) is 10.2. The molecule has 0 spiro atoms. The highest BCUT2D eigenvalue weighted by atomic mass is 32.1. The third-order valence-corrected chi connectivity index (χ3v) is 2.58. The van der Waals surface area contributed by atoms with Gasteiger partial charge in [-0.25, -0.2) is 0 Å². The maximum absolute atomic E-state index is 5.89. The molecule has 0 saturated carbocycles. The van der Waals surface area contributed by atoms with E-state index in [4.69, 9.17) is 5.73 Å². The molecule has 66 valence electrons. The fraction of sp³-hybridized carbons (Fsp3) is 0.0909. The van der Waals surface area contributed by atoms with Crippen LogP contribution in [0.5, 0.6) is 0 Å². The Bertz CT molecular complexity index is 463. The van der Waals surface area contributed by atoms with Crippen molar-refractivity contribution in [1.29, 1.82) is 0 Å². The smallest absolute Gasteiger partial charge is 0.0529 e. The first-order valence-electron chi connectivity index (χ1n) is 4.16. The largest absolute Gasteiger partial charge is 0.397 e. The molecule has 1 nitrogen and oxygen atoms in total. The molecule has 0 unspecified atom stereocenters. The van der Waals surface area contributed by atoms with Crippen LogP contribution >= 0.6 is 12.6 Å². The SMILES string of the molecule is Cc1ccc2c(N)c(S)ccc2c1. The van der Waals surface area contributed by atoms with Gasteiger partial charge in [-0.2, -0.15) is 0 Å². The third-order valence-electron chi connectivity index (χ3n) is 2.19. The van der Waals surface area contributed by atoms with Crippen molar-refractivity contribution in [3.8, 4) is 0 Å². The number of nitrogen functional groups attached to an aromatic ring is 1. The van der Waals surface area contributed by atoms with Crippen LogP contribution in [-0.2, 0) is 0 Å². The van der Waals surface area contributed by atoms with Crippen molar-refractivity contribution in [2.24, 2.45) is 0 Å². The van der Waals surface area contributed by atoms with Crippen molar-refractivity contribution < 1.29 is 0 Å². The zero-order chi connectivity index (χ0) is 9.42. The van der Waals surface area contributed by atoms with E-state index in [-0.39, 0.29) is 0 Å². The number of benzene rings is 2. The van der Waals surface area contributed by atoms with Gasteiger partial charge in [-0.1, -0.05) is 29.8 Å². The van der Waals surface area contributed by atoms with Gasteiger partial charge in [0.05, 0.1) is 5.69 Å². The third kappa shape index (κ3) is 1.38. The van der Waals surface area contributed by atoms with E-state index in [0.717, 1.165) is 16.0 Å². The maximum atomic E-state index is 5.89. The normalized spacial score (nSPS) is 10.6. The quantitative estimate of drug-likeness (QED) is 0.483. The van der Waals surface area contributed by atoms with Gasteiger partial charge in [0.1, 0.15) is 0 Å². The number of hydrogen-bond acceptors (Lipinski definition) is 2. The van der Waals surface area contributed by atoms with Gasteiger partial charge in [0.2, 0.25) is 0 Å². The molecule has 0 heterocycles. The number of aryl methyl sites for hydroxylation is 1. The molecule has 2 heteroatoms.